The van der Waals surface area contributed by atoms with E-state index in [1.807, 2.05) is 53.6 Å². The average Bonchev–Trinajstić information content (AvgIpc) is 3.78. The molecular weight excluding hydrogens is 609 g/mol. The first kappa shape index (κ1) is 33.5. The summed E-state index contributed by atoms with van der Waals surface area (Å²) < 4.78 is 21.9. The highest BCUT2D eigenvalue weighted by Gasteiger charge is 2.23. The van der Waals surface area contributed by atoms with E-state index in [0.29, 0.717) is 37.3 Å². The molecule has 0 aliphatic carbocycles. The number of rotatable bonds is 14. The Morgan fingerprint density at radius 3 is 2.64 bits per heavy atom. The third-order valence-electron chi connectivity index (χ3n) is 9.26. The van der Waals surface area contributed by atoms with Gasteiger partial charge >= 0.3 is 0 Å². The van der Waals surface area contributed by atoms with Crippen molar-refractivity contribution in [1.29, 1.82) is 0 Å². The fourth-order valence-electron chi connectivity index (χ4n) is 6.29. The van der Waals surface area contributed by atoms with Crippen molar-refractivity contribution in [3.8, 4) is 11.1 Å². The number of likely N-dealkylation sites (tertiary alicyclic amines) is 1. The second-order valence-electron chi connectivity index (χ2n) is 14.2. The van der Waals surface area contributed by atoms with Crippen LogP contribution in [-0.4, -0.2) is 76.9 Å². The topological polar surface area (TPSA) is 95.7 Å². The number of hydrogen-bond donors (Lipinski definition) is 1. The largest absolute Gasteiger partial charge is 0.361 e. The standard InChI is InChI=1S/C36H50N6O4Si/c1-27-8-7-14-40(27)25-32-20-30-22-37-34(21-33(30)42(32)26-44-18-19-47(2,3)4)39-36(43)29-12-10-28(11-13-29)31-23-38-41(24-31)15-17-46-35-9-5-6-16-45-35/h10-13,20-24,27,35H,5-9,14-19,25-26H2,1-4H3,(H,37,39,43)/t27-,35?/m0/s1. The zero-order valence-corrected chi connectivity index (χ0v) is 29.4. The van der Waals surface area contributed by atoms with Crippen LogP contribution in [-0.2, 0) is 34.0 Å². The van der Waals surface area contributed by atoms with Crippen LogP contribution >= 0.6 is 0 Å². The van der Waals surface area contributed by atoms with E-state index in [-0.39, 0.29) is 12.2 Å². The van der Waals surface area contributed by atoms with Gasteiger partial charge in [0.15, 0.2) is 6.29 Å². The first-order chi connectivity index (χ1) is 22.7. The normalized spacial score (nSPS) is 19.1. The maximum atomic E-state index is 13.3. The number of aromatic nitrogens is 4. The molecule has 1 unspecified atom stereocenters. The summed E-state index contributed by atoms with van der Waals surface area (Å²) in [6, 6.07) is 13.5. The van der Waals surface area contributed by atoms with E-state index in [2.05, 4.69) is 57.5 Å². The highest BCUT2D eigenvalue weighted by molar-refractivity contribution is 6.76. The van der Waals surface area contributed by atoms with Crippen molar-refractivity contribution in [1.82, 2.24) is 24.2 Å². The fraction of sp³-hybridized carbons (Fsp3) is 0.528. The van der Waals surface area contributed by atoms with Gasteiger partial charge in [0.2, 0.25) is 0 Å². The zero-order valence-electron chi connectivity index (χ0n) is 28.4. The van der Waals surface area contributed by atoms with E-state index in [1.54, 1.807) is 0 Å². The quantitative estimate of drug-likeness (QED) is 0.115. The molecule has 252 valence electrons. The second kappa shape index (κ2) is 15.2. The average molecular weight is 659 g/mol. The van der Waals surface area contributed by atoms with Gasteiger partial charge in [0.1, 0.15) is 12.5 Å². The maximum absolute atomic E-state index is 13.3. The van der Waals surface area contributed by atoms with Crippen LogP contribution in [0.2, 0.25) is 25.7 Å². The Bertz CT molecular complexity index is 1620. The van der Waals surface area contributed by atoms with E-state index in [1.165, 1.54) is 18.5 Å². The van der Waals surface area contributed by atoms with Gasteiger partial charge in [-0.25, -0.2) is 4.98 Å². The van der Waals surface area contributed by atoms with Crippen molar-refractivity contribution < 1.29 is 19.0 Å². The number of pyridine rings is 1. The molecule has 0 radical (unpaired) electrons. The van der Waals surface area contributed by atoms with Gasteiger partial charge in [-0.05, 0) is 75.4 Å². The first-order valence-corrected chi connectivity index (χ1v) is 20.9. The maximum Gasteiger partial charge on any atom is 0.256 e. The number of anilines is 1. The molecule has 1 aromatic carbocycles. The predicted octanol–water partition coefficient (Wildman–Crippen LogP) is 6.99. The molecule has 2 aliphatic heterocycles. The van der Waals surface area contributed by atoms with Gasteiger partial charge in [0.05, 0.1) is 24.9 Å². The van der Waals surface area contributed by atoms with Crippen molar-refractivity contribution >= 4 is 30.7 Å². The van der Waals surface area contributed by atoms with Gasteiger partial charge in [0.25, 0.3) is 5.91 Å². The lowest BCUT2D eigenvalue weighted by Crippen LogP contribution is -2.27. The molecule has 10 nitrogen and oxygen atoms in total. The van der Waals surface area contributed by atoms with Crippen LogP contribution in [0, 0.1) is 0 Å². The lowest BCUT2D eigenvalue weighted by molar-refractivity contribution is -0.163. The Hall–Kier alpha value is -3.35. The number of benzene rings is 1. The van der Waals surface area contributed by atoms with Gasteiger partial charge in [-0.15, -0.1) is 0 Å². The third kappa shape index (κ3) is 8.97. The molecule has 1 N–H and O–H groups in total. The number of amides is 1. The lowest BCUT2D eigenvalue weighted by atomic mass is 10.1. The van der Waals surface area contributed by atoms with Crippen LogP contribution in [0.4, 0.5) is 5.82 Å². The molecule has 0 saturated carbocycles. The van der Waals surface area contributed by atoms with Crippen LogP contribution in [0.5, 0.6) is 0 Å². The highest BCUT2D eigenvalue weighted by atomic mass is 28.3. The molecule has 2 saturated heterocycles. The van der Waals surface area contributed by atoms with Crippen molar-refractivity contribution in [2.45, 2.75) is 96.9 Å². The monoisotopic (exact) mass is 658 g/mol. The summed E-state index contributed by atoms with van der Waals surface area (Å²) in [5, 5.41) is 8.56. The minimum absolute atomic E-state index is 0.0973. The molecule has 3 aromatic heterocycles. The molecule has 0 spiro atoms. The smallest absolute Gasteiger partial charge is 0.256 e. The minimum Gasteiger partial charge on any atom is -0.361 e. The molecule has 11 heteroatoms. The minimum atomic E-state index is -1.19. The molecule has 2 aliphatic rings. The van der Waals surface area contributed by atoms with E-state index < -0.39 is 8.07 Å². The molecule has 5 heterocycles. The van der Waals surface area contributed by atoms with Crippen molar-refractivity contribution in [3.05, 3.63) is 66.2 Å². The van der Waals surface area contributed by atoms with E-state index in [9.17, 15) is 4.79 Å². The third-order valence-corrected chi connectivity index (χ3v) is 11.0. The van der Waals surface area contributed by atoms with Gasteiger partial charge in [-0.2, -0.15) is 5.10 Å². The SMILES string of the molecule is C[C@H]1CCCN1Cc1cc2cnc(NC(=O)c3ccc(-c4cnn(CCOC5CCCCO5)c4)cc3)cc2n1COCC[Si](C)(C)C. The Kier molecular flexibility index (Phi) is 10.9. The molecule has 4 aromatic rings. The molecule has 47 heavy (non-hydrogen) atoms. The Morgan fingerprint density at radius 2 is 1.89 bits per heavy atom. The Balaban J connectivity index is 1.10. The van der Waals surface area contributed by atoms with Crippen molar-refractivity contribution in [2.75, 3.05) is 31.7 Å². The summed E-state index contributed by atoms with van der Waals surface area (Å²) in [5.41, 5.74) is 4.80. The van der Waals surface area contributed by atoms with E-state index in [4.69, 9.17) is 14.2 Å². The fourth-order valence-corrected chi connectivity index (χ4v) is 7.05. The van der Waals surface area contributed by atoms with Gasteiger partial charge in [0, 0.05) is 74.5 Å². The predicted molar refractivity (Wildman–Crippen MR) is 188 cm³/mol. The first-order valence-electron chi connectivity index (χ1n) is 17.2. The van der Waals surface area contributed by atoms with Crippen LogP contribution in [0.25, 0.3) is 22.0 Å². The number of hydrogen-bond acceptors (Lipinski definition) is 7. The summed E-state index contributed by atoms with van der Waals surface area (Å²) in [5.74, 6) is 0.327. The summed E-state index contributed by atoms with van der Waals surface area (Å²) in [6.07, 6.45) is 11.3. The molecule has 1 amide bonds. The highest BCUT2D eigenvalue weighted by Crippen LogP contribution is 2.27. The summed E-state index contributed by atoms with van der Waals surface area (Å²) in [4.78, 5) is 20.4. The van der Waals surface area contributed by atoms with Crippen LogP contribution in [0.1, 0.15) is 55.1 Å². The van der Waals surface area contributed by atoms with Crippen LogP contribution < -0.4 is 5.32 Å². The summed E-state index contributed by atoms with van der Waals surface area (Å²) in [7, 11) is -1.19. The van der Waals surface area contributed by atoms with Gasteiger partial charge < -0.3 is 24.1 Å². The van der Waals surface area contributed by atoms with E-state index in [0.717, 1.165) is 73.6 Å². The number of carbonyl (C=O) groups is 1. The number of nitrogens with one attached hydrogen (secondary N) is 1. The van der Waals surface area contributed by atoms with Crippen molar-refractivity contribution in [3.63, 3.8) is 0 Å². The Morgan fingerprint density at radius 1 is 1.04 bits per heavy atom. The summed E-state index contributed by atoms with van der Waals surface area (Å²) in [6.45, 7) is 14.6. The molecular formula is C36H50N6O4Si. The zero-order chi connectivity index (χ0) is 32.8. The number of nitrogens with zero attached hydrogens (tertiary/aromatic N) is 5. The molecule has 0 bridgehead atoms. The van der Waals surface area contributed by atoms with Gasteiger partial charge in [-0.3, -0.25) is 14.4 Å². The van der Waals surface area contributed by atoms with Crippen LogP contribution in [0.3, 0.4) is 0 Å². The molecule has 2 fully saturated rings. The molecule has 6 rings (SSSR count). The van der Waals surface area contributed by atoms with E-state index >= 15 is 0 Å². The lowest BCUT2D eigenvalue weighted by Gasteiger charge is -2.22. The Labute approximate surface area is 279 Å². The van der Waals surface area contributed by atoms with Crippen molar-refractivity contribution in [2.24, 2.45) is 0 Å². The second-order valence-corrected chi connectivity index (χ2v) is 19.8. The molecule has 2 atom stereocenters. The van der Waals surface area contributed by atoms with Gasteiger partial charge in [-0.1, -0.05) is 31.8 Å². The van der Waals surface area contributed by atoms with Crippen LogP contribution in [0.15, 0.2) is 55.0 Å². The number of fused-ring (bicyclic) bond motifs is 1. The summed E-state index contributed by atoms with van der Waals surface area (Å²) >= 11 is 0. The number of ether oxygens (including phenoxy) is 3. The number of carbonyl (C=O) groups excluding carboxylic acids is 1.